The van der Waals surface area contributed by atoms with E-state index in [9.17, 15) is 9.50 Å². The number of phenolic OH excluding ortho intramolecular Hbond substituents is 1. The Labute approximate surface area is 125 Å². The zero-order valence-corrected chi connectivity index (χ0v) is 12.1. The fourth-order valence-electron chi connectivity index (χ4n) is 1.99. The molecule has 0 atom stereocenters. The maximum Gasteiger partial charge on any atom is 0.187 e. The number of aromatic nitrogens is 1. The summed E-state index contributed by atoms with van der Waals surface area (Å²) in [7, 11) is 0. The van der Waals surface area contributed by atoms with Crippen LogP contribution in [0.5, 0.6) is 5.75 Å². The second kappa shape index (κ2) is 5.54. The normalized spacial score (nSPS) is 10.6. The summed E-state index contributed by atoms with van der Waals surface area (Å²) in [5, 5.41) is 13.2. The number of nitrogens with zero attached hydrogens (tertiary/aromatic N) is 1. The van der Waals surface area contributed by atoms with Gasteiger partial charge in [0, 0.05) is 16.1 Å². The lowest BCUT2D eigenvalue weighted by atomic mass is 10.1. The van der Waals surface area contributed by atoms with Crippen molar-refractivity contribution in [1.82, 2.24) is 4.98 Å². The first kappa shape index (κ1) is 13.6. The topological polar surface area (TPSA) is 45.1 Å². The first-order valence-electron chi connectivity index (χ1n) is 6.41. The van der Waals surface area contributed by atoms with Gasteiger partial charge in [-0.05, 0) is 55.5 Å². The SMILES string of the molecule is Cc1sc(Nc2ccc(O)cc2)nc1-c1ccc(F)cc1. The average Bonchev–Trinajstić information content (AvgIpc) is 2.83. The van der Waals surface area contributed by atoms with Crippen molar-refractivity contribution in [3.8, 4) is 17.0 Å². The van der Waals surface area contributed by atoms with Gasteiger partial charge in [-0.2, -0.15) is 0 Å². The van der Waals surface area contributed by atoms with Crippen LogP contribution >= 0.6 is 11.3 Å². The van der Waals surface area contributed by atoms with Crippen LogP contribution in [0.4, 0.5) is 15.2 Å². The second-order valence-electron chi connectivity index (χ2n) is 4.60. The van der Waals surface area contributed by atoms with Crippen LogP contribution in [0.3, 0.4) is 0 Å². The highest BCUT2D eigenvalue weighted by molar-refractivity contribution is 7.16. The molecular formula is C16H13FN2OS. The Morgan fingerprint density at radius 3 is 2.38 bits per heavy atom. The third-order valence-electron chi connectivity index (χ3n) is 3.03. The van der Waals surface area contributed by atoms with Crippen LogP contribution in [0.25, 0.3) is 11.3 Å². The number of halogens is 1. The summed E-state index contributed by atoms with van der Waals surface area (Å²) in [6.07, 6.45) is 0. The Morgan fingerprint density at radius 2 is 1.71 bits per heavy atom. The molecule has 0 fully saturated rings. The smallest absolute Gasteiger partial charge is 0.187 e. The minimum atomic E-state index is -0.255. The van der Waals surface area contributed by atoms with E-state index in [0.29, 0.717) is 0 Å². The summed E-state index contributed by atoms with van der Waals surface area (Å²) in [5.74, 6) is -0.0306. The fourth-order valence-corrected chi connectivity index (χ4v) is 2.85. The monoisotopic (exact) mass is 300 g/mol. The molecule has 21 heavy (non-hydrogen) atoms. The number of anilines is 2. The molecule has 0 bridgehead atoms. The van der Waals surface area contributed by atoms with Gasteiger partial charge in [0.15, 0.2) is 5.13 Å². The summed E-state index contributed by atoms with van der Waals surface area (Å²) in [5.41, 5.74) is 2.59. The number of thiazole rings is 1. The molecule has 0 spiro atoms. The average molecular weight is 300 g/mol. The molecule has 106 valence electrons. The number of rotatable bonds is 3. The van der Waals surface area contributed by atoms with Gasteiger partial charge < -0.3 is 10.4 Å². The van der Waals surface area contributed by atoms with Gasteiger partial charge >= 0.3 is 0 Å². The van der Waals surface area contributed by atoms with Crippen LogP contribution in [0.1, 0.15) is 4.88 Å². The molecule has 1 aromatic heterocycles. The maximum absolute atomic E-state index is 13.0. The molecule has 0 aliphatic rings. The van der Waals surface area contributed by atoms with E-state index < -0.39 is 0 Å². The molecule has 0 aliphatic carbocycles. The molecule has 0 radical (unpaired) electrons. The van der Waals surface area contributed by atoms with Gasteiger partial charge in [0.1, 0.15) is 11.6 Å². The summed E-state index contributed by atoms with van der Waals surface area (Å²) < 4.78 is 13.0. The molecule has 0 saturated heterocycles. The van der Waals surface area contributed by atoms with Crippen molar-refractivity contribution in [2.75, 3.05) is 5.32 Å². The highest BCUT2D eigenvalue weighted by atomic mass is 32.1. The van der Waals surface area contributed by atoms with Crippen molar-refractivity contribution in [3.63, 3.8) is 0 Å². The van der Waals surface area contributed by atoms with Crippen molar-refractivity contribution < 1.29 is 9.50 Å². The number of benzene rings is 2. The van der Waals surface area contributed by atoms with Crippen LogP contribution in [-0.2, 0) is 0 Å². The van der Waals surface area contributed by atoms with E-state index in [1.807, 2.05) is 6.92 Å². The third kappa shape index (κ3) is 3.03. The van der Waals surface area contributed by atoms with E-state index in [2.05, 4.69) is 10.3 Å². The quantitative estimate of drug-likeness (QED) is 0.689. The Hall–Kier alpha value is -2.40. The molecule has 0 aliphatic heterocycles. The molecule has 3 aromatic rings. The lowest BCUT2D eigenvalue weighted by Gasteiger charge is -2.02. The minimum absolute atomic E-state index is 0.225. The van der Waals surface area contributed by atoms with Gasteiger partial charge in [-0.15, -0.1) is 11.3 Å². The highest BCUT2D eigenvalue weighted by Crippen LogP contribution is 2.32. The van der Waals surface area contributed by atoms with Crippen LogP contribution in [0, 0.1) is 12.7 Å². The number of phenols is 1. The number of hydrogen-bond donors (Lipinski definition) is 2. The number of aryl methyl sites for hydroxylation is 1. The number of nitrogens with one attached hydrogen (secondary N) is 1. The first-order valence-corrected chi connectivity index (χ1v) is 7.23. The standard InChI is InChI=1S/C16H13FN2OS/c1-10-15(11-2-4-12(17)5-3-11)19-16(21-10)18-13-6-8-14(20)9-7-13/h2-9,20H,1H3,(H,18,19). The zero-order valence-electron chi connectivity index (χ0n) is 11.3. The number of aromatic hydroxyl groups is 1. The molecule has 1 heterocycles. The van der Waals surface area contributed by atoms with Crippen LogP contribution < -0.4 is 5.32 Å². The molecule has 0 unspecified atom stereocenters. The van der Waals surface area contributed by atoms with Crippen molar-refractivity contribution in [2.45, 2.75) is 6.92 Å². The molecule has 3 rings (SSSR count). The van der Waals surface area contributed by atoms with E-state index in [-0.39, 0.29) is 11.6 Å². The predicted octanol–water partition coefficient (Wildman–Crippen LogP) is 4.71. The third-order valence-corrected chi connectivity index (χ3v) is 3.92. The largest absolute Gasteiger partial charge is 0.508 e. The summed E-state index contributed by atoms with van der Waals surface area (Å²) in [6, 6.07) is 13.1. The molecule has 0 saturated carbocycles. The van der Waals surface area contributed by atoms with Crippen molar-refractivity contribution >= 4 is 22.2 Å². The lowest BCUT2D eigenvalue weighted by molar-refractivity contribution is 0.475. The second-order valence-corrected chi connectivity index (χ2v) is 5.81. The van der Waals surface area contributed by atoms with Crippen molar-refractivity contribution in [3.05, 3.63) is 59.2 Å². The van der Waals surface area contributed by atoms with Gasteiger partial charge in [-0.3, -0.25) is 0 Å². The highest BCUT2D eigenvalue weighted by Gasteiger charge is 2.10. The first-order chi connectivity index (χ1) is 10.1. The van der Waals surface area contributed by atoms with Crippen LogP contribution in [0.15, 0.2) is 48.5 Å². The van der Waals surface area contributed by atoms with Gasteiger partial charge in [0.05, 0.1) is 5.69 Å². The van der Waals surface area contributed by atoms with Crippen LogP contribution in [0.2, 0.25) is 0 Å². The fraction of sp³-hybridized carbons (Fsp3) is 0.0625. The van der Waals surface area contributed by atoms with Crippen molar-refractivity contribution in [1.29, 1.82) is 0 Å². The van der Waals surface area contributed by atoms with Gasteiger partial charge in [-0.1, -0.05) is 0 Å². The Balaban J connectivity index is 1.87. The van der Waals surface area contributed by atoms with E-state index >= 15 is 0 Å². The molecule has 5 heteroatoms. The number of hydrogen-bond acceptors (Lipinski definition) is 4. The minimum Gasteiger partial charge on any atom is -0.508 e. The zero-order chi connectivity index (χ0) is 14.8. The van der Waals surface area contributed by atoms with E-state index in [4.69, 9.17) is 0 Å². The summed E-state index contributed by atoms with van der Waals surface area (Å²) >= 11 is 1.53. The Bertz CT molecular complexity index is 751. The molecular weight excluding hydrogens is 287 g/mol. The molecule has 3 nitrogen and oxygen atoms in total. The van der Waals surface area contributed by atoms with Gasteiger partial charge in [0.25, 0.3) is 0 Å². The Kier molecular flexibility index (Phi) is 3.58. The Morgan fingerprint density at radius 1 is 1.05 bits per heavy atom. The molecule has 2 aromatic carbocycles. The lowest BCUT2D eigenvalue weighted by Crippen LogP contribution is -1.89. The summed E-state index contributed by atoms with van der Waals surface area (Å²) in [6.45, 7) is 1.98. The van der Waals surface area contributed by atoms with E-state index in [0.717, 1.165) is 27.0 Å². The summed E-state index contributed by atoms with van der Waals surface area (Å²) in [4.78, 5) is 5.61. The molecule has 0 amide bonds. The van der Waals surface area contributed by atoms with Crippen LogP contribution in [-0.4, -0.2) is 10.1 Å². The van der Waals surface area contributed by atoms with Crippen molar-refractivity contribution in [2.24, 2.45) is 0 Å². The van der Waals surface area contributed by atoms with Gasteiger partial charge in [0.2, 0.25) is 0 Å². The van der Waals surface area contributed by atoms with E-state index in [1.54, 1.807) is 36.4 Å². The van der Waals surface area contributed by atoms with Gasteiger partial charge in [-0.25, -0.2) is 9.37 Å². The molecule has 2 N–H and O–H groups in total. The maximum atomic E-state index is 13.0. The van der Waals surface area contributed by atoms with E-state index in [1.165, 1.54) is 23.5 Å². The predicted molar refractivity (Wildman–Crippen MR) is 83.6 cm³/mol.